The van der Waals surface area contributed by atoms with Crippen LogP contribution in [0.25, 0.3) is 6.08 Å². The van der Waals surface area contributed by atoms with Gasteiger partial charge in [-0.05, 0) is 42.1 Å². The highest BCUT2D eigenvalue weighted by Crippen LogP contribution is 2.34. The quantitative estimate of drug-likeness (QED) is 0.653. The van der Waals surface area contributed by atoms with Crippen molar-refractivity contribution in [1.82, 2.24) is 4.90 Å². The summed E-state index contributed by atoms with van der Waals surface area (Å²) in [7, 11) is 0. The highest BCUT2D eigenvalue weighted by atomic mass is 32.2. The van der Waals surface area contributed by atoms with Crippen LogP contribution >= 0.6 is 11.8 Å². The van der Waals surface area contributed by atoms with Crippen LogP contribution in [0.1, 0.15) is 16.1 Å². The number of rotatable bonds is 5. The molecule has 6 nitrogen and oxygen atoms in total. The molecule has 1 aromatic carbocycles. The number of furan rings is 1. The molecule has 126 valence electrons. The Labute approximate surface area is 148 Å². The SMILES string of the molecule is C=CCN1C(=O)/C(=C\c2ccco2)SC1=Nc1cccc(C(=O)O)c1. The zero-order chi connectivity index (χ0) is 17.8. The number of thioether (sulfide) groups is 1. The van der Waals surface area contributed by atoms with Crippen LogP contribution in [-0.2, 0) is 4.79 Å². The molecule has 1 amide bonds. The van der Waals surface area contributed by atoms with Gasteiger partial charge in [0.25, 0.3) is 5.91 Å². The highest BCUT2D eigenvalue weighted by Gasteiger charge is 2.32. The number of amidine groups is 1. The van der Waals surface area contributed by atoms with E-state index in [0.29, 0.717) is 28.1 Å². The van der Waals surface area contributed by atoms with Gasteiger partial charge in [0.15, 0.2) is 5.17 Å². The number of amides is 1. The lowest BCUT2D eigenvalue weighted by Gasteiger charge is -2.12. The molecular weight excluding hydrogens is 340 g/mol. The average Bonchev–Trinajstić information content (AvgIpc) is 3.20. The lowest BCUT2D eigenvalue weighted by atomic mass is 10.2. The third kappa shape index (κ3) is 3.72. The Kier molecular flexibility index (Phi) is 4.85. The van der Waals surface area contributed by atoms with Gasteiger partial charge in [0.1, 0.15) is 5.76 Å². The normalized spacial score (nSPS) is 17.4. The van der Waals surface area contributed by atoms with Crippen LogP contribution in [0.5, 0.6) is 0 Å². The molecule has 2 heterocycles. The van der Waals surface area contributed by atoms with Crippen molar-refractivity contribution in [2.24, 2.45) is 4.99 Å². The standard InChI is InChI=1S/C18H14N2O4S/c1-2-8-20-16(21)15(11-14-7-4-9-24-14)25-18(20)19-13-6-3-5-12(10-13)17(22)23/h2-7,9-11H,1,8H2,(H,22,23)/b15-11+,19-18?. The molecule has 2 aromatic rings. The monoisotopic (exact) mass is 354 g/mol. The number of aliphatic imine (C=N–C) groups is 1. The zero-order valence-corrected chi connectivity index (χ0v) is 13.9. The molecule has 0 aliphatic carbocycles. The largest absolute Gasteiger partial charge is 0.478 e. The van der Waals surface area contributed by atoms with Crippen molar-refractivity contribution in [1.29, 1.82) is 0 Å². The van der Waals surface area contributed by atoms with Crippen LogP contribution in [0.2, 0.25) is 0 Å². The number of carboxylic acid groups (broad SMARTS) is 1. The van der Waals surface area contributed by atoms with Crippen molar-refractivity contribution in [2.75, 3.05) is 6.54 Å². The maximum absolute atomic E-state index is 12.6. The molecule has 1 aliphatic rings. The summed E-state index contributed by atoms with van der Waals surface area (Å²) < 4.78 is 5.25. The van der Waals surface area contributed by atoms with Crippen molar-refractivity contribution < 1.29 is 19.1 Å². The van der Waals surface area contributed by atoms with E-state index in [2.05, 4.69) is 11.6 Å². The van der Waals surface area contributed by atoms with E-state index in [9.17, 15) is 9.59 Å². The number of nitrogens with zero attached hydrogens (tertiary/aromatic N) is 2. The van der Waals surface area contributed by atoms with Gasteiger partial charge in [-0.2, -0.15) is 0 Å². The van der Waals surface area contributed by atoms with Gasteiger partial charge < -0.3 is 9.52 Å². The fourth-order valence-electron chi connectivity index (χ4n) is 2.20. The van der Waals surface area contributed by atoms with Crippen molar-refractivity contribution in [3.8, 4) is 0 Å². The molecule has 1 aliphatic heterocycles. The molecule has 25 heavy (non-hydrogen) atoms. The molecule has 1 N–H and O–H groups in total. The van der Waals surface area contributed by atoms with Crippen LogP contribution in [0, 0.1) is 0 Å². The van der Waals surface area contributed by atoms with E-state index < -0.39 is 5.97 Å². The summed E-state index contributed by atoms with van der Waals surface area (Å²) in [5.74, 6) is -0.656. The molecule has 7 heteroatoms. The summed E-state index contributed by atoms with van der Waals surface area (Å²) in [4.78, 5) is 30.1. The number of carboxylic acids is 1. The molecule has 0 saturated carbocycles. The maximum atomic E-state index is 12.6. The smallest absolute Gasteiger partial charge is 0.335 e. The van der Waals surface area contributed by atoms with E-state index in [1.54, 1.807) is 36.4 Å². The average molecular weight is 354 g/mol. The third-order valence-electron chi connectivity index (χ3n) is 3.33. The highest BCUT2D eigenvalue weighted by molar-refractivity contribution is 8.18. The van der Waals surface area contributed by atoms with E-state index in [1.165, 1.54) is 35.1 Å². The Morgan fingerprint density at radius 1 is 1.36 bits per heavy atom. The lowest BCUT2D eigenvalue weighted by Crippen LogP contribution is -2.29. The second-order valence-corrected chi connectivity index (χ2v) is 6.09. The molecule has 0 bridgehead atoms. The first kappa shape index (κ1) is 16.8. The fraction of sp³-hybridized carbons (Fsp3) is 0.0556. The summed E-state index contributed by atoms with van der Waals surface area (Å²) in [5, 5.41) is 9.55. The van der Waals surface area contributed by atoms with Crippen molar-refractivity contribution >= 4 is 40.6 Å². The zero-order valence-electron chi connectivity index (χ0n) is 13.1. The van der Waals surface area contributed by atoms with E-state index in [0.717, 1.165) is 0 Å². The van der Waals surface area contributed by atoms with E-state index in [4.69, 9.17) is 9.52 Å². The third-order valence-corrected chi connectivity index (χ3v) is 4.34. The minimum Gasteiger partial charge on any atom is -0.478 e. The summed E-state index contributed by atoms with van der Waals surface area (Å²) in [5.41, 5.74) is 0.598. The topological polar surface area (TPSA) is 83.1 Å². The van der Waals surface area contributed by atoms with Gasteiger partial charge in [-0.15, -0.1) is 6.58 Å². The van der Waals surface area contributed by atoms with E-state index >= 15 is 0 Å². The molecule has 3 rings (SSSR count). The Hall–Kier alpha value is -3.06. The Morgan fingerprint density at radius 3 is 2.88 bits per heavy atom. The lowest BCUT2D eigenvalue weighted by molar-refractivity contribution is -0.121. The minimum atomic E-state index is -1.03. The molecule has 0 spiro atoms. The molecular formula is C18H14N2O4S. The second kappa shape index (κ2) is 7.23. The van der Waals surface area contributed by atoms with Crippen LogP contribution in [0.4, 0.5) is 5.69 Å². The van der Waals surface area contributed by atoms with Gasteiger partial charge in [0.05, 0.1) is 22.4 Å². The van der Waals surface area contributed by atoms with Gasteiger partial charge in [0, 0.05) is 12.6 Å². The molecule has 0 radical (unpaired) electrons. The summed E-state index contributed by atoms with van der Waals surface area (Å²) in [6, 6.07) is 9.74. The number of benzene rings is 1. The predicted molar refractivity (Wildman–Crippen MR) is 96.7 cm³/mol. The fourth-order valence-corrected chi connectivity index (χ4v) is 3.19. The number of carbonyl (C=O) groups is 2. The number of carbonyl (C=O) groups excluding carboxylic acids is 1. The van der Waals surface area contributed by atoms with E-state index in [1.807, 2.05) is 0 Å². The van der Waals surface area contributed by atoms with Crippen LogP contribution in [0.15, 0.2) is 69.6 Å². The molecule has 1 saturated heterocycles. The Bertz CT molecular complexity index is 884. The van der Waals surface area contributed by atoms with Crippen LogP contribution in [0.3, 0.4) is 0 Å². The van der Waals surface area contributed by atoms with Gasteiger partial charge in [0.2, 0.25) is 0 Å². The van der Waals surface area contributed by atoms with Gasteiger partial charge >= 0.3 is 5.97 Å². The molecule has 1 aromatic heterocycles. The summed E-state index contributed by atoms with van der Waals surface area (Å²) in [6.07, 6.45) is 4.79. The molecule has 0 unspecified atom stereocenters. The maximum Gasteiger partial charge on any atom is 0.335 e. The first-order chi connectivity index (χ1) is 12.1. The van der Waals surface area contributed by atoms with E-state index in [-0.39, 0.29) is 11.5 Å². The van der Waals surface area contributed by atoms with Crippen molar-refractivity contribution in [3.63, 3.8) is 0 Å². The van der Waals surface area contributed by atoms with Crippen molar-refractivity contribution in [2.45, 2.75) is 0 Å². The Balaban J connectivity index is 1.96. The number of hydrogen-bond acceptors (Lipinski definition) is 5. The summed E-state index contributed by atoms with van der Waals surface area (Å²) in [6.45, 7) is 3.97. The van der Waals surface area contributed by atoms with Gasteiger partial charge in [-0.1, -0.05) is 12.1 Å². The number of hydrogen-bond donors (Lipinski definition) is 1. The first-order valence-corrected chi connectivity index (χ1v) is 8.18. The van der Waals surface area contributed by atoms with Crippen LogP contribution in [-0.4, -0.2) is 33.6 Å². The van der Waals surface area contributed by atoms with Crippen molar-refractivity contribution in [3.05, 3.63) is 71.5 Å². The van der Waals surface area contributed by atoms with Gasteiger partial charge in [-0.3, -0.25) is 9.69 Å². The number of aromatic carboxylic acids is 1. The van der Waals surface area contributed by atoms with Gasteiger partial charge in [-0.25, -0.2) is 9.79 Å². The Morgan fingerprint density at radius 2 is 2.20 bits per heavy atom. The second-order valence-electron chi connectivity index (χ2n) is 5.08. The minimum absolute atomic E-state index is 0.137. The molecule has 1 fully saturated rings. The van der Waals surface area contributed by atoms with Crippen LogP contribution < -0.4 is 0 Å². The first-order valence-electron chi connectivity index (χ1n) is 7.36. The predicted octanol–water partition coefficient (Wildman–Crippen LogP) is 3.77. The summed E-state index contributed by atoms with van der Waals surface area (Å²) >= 11 is 1.21. The molecule has 0 atom stereocenters.